The summed E-state index contributed by atoms with van der Waals surface area (Å²) in [5, 5.41) is 11.5. The number of carbonyl (C=O) groups excluding carboxylic acids is 2. The molecule has 2 N–H and O–H groups in total. The Kier molecular flexibility index (Phi) is 5.86. The van der Waals surface area contributed by atoms with E-state index in [0.29, 0.717) is 16.6 Å². The Labute approximate surface area is 216 Å². The molecular formula is C30H30N4O3. The quantitative estimate of drug-likeness (QED) is 0.223. The van der Waals surface area contributed by atoms with Crippen LogP contribution in [-0.2, 0) is 9.59 Å². The summed E-state index contributed by atoms with van der Waals surface area (Å²) < 4.78 is 0. The van der Waals surface area contributed by atoms with E-state index in [1.165, 1.54) is 4.90 Å². The van der Waals surface area contributed by atoms with Crippen molar-refractivity contribution in [2.24, 2.45) is 0 Å². The molecule has 0 radical (unpaired) electrons. The third kappa shape index (κ3) is 4.06. The number of anilines is 2. The normalized spacial score (nSPS) is 17.1. The van der Waals surface area contributed by atoms with Crippen molar-refractivity contribution in [3.63, 3.8) is 0 Å². The number of amides is 1. The molecule has 1 aromatic heterocycles. The van der Waals surface area contributed by atoms with E-state index in [1.807, 2.05) is 101 Å². The largest absolute Gasteiger partial charge is 0.507 e. The molecule has 0 saturated carbocycles. The van der Waals surface area contributed by atoms with Gasteiger partial charge in [0.15, 0.2) is 0 Å². The number of nitrogens with zero attached hydrogens (tertiary/aromatic N) is 3. The Bertz CT molecular complexity index is 1560. The molecule has 7 heteroatoms. The maximum Gasteiger partial charge on any atom is 0.302 e. The monoisotopic (exact) mass is 494 g/mol. The molecule has 1 unspecified atom stereocenters. The van der Waals surface area contributed by atoms with Crippen LogP contribution in [0.4, 0.5) is 11.6 Å². The molecule has 1 aliphatic heterocycles. The van der Waals surface area contributed by atoms with Crippen LogP contribution in [0.5, 0.6) is 0 Å². The Morgan fingerprint density at radius 2 is 1.59 bits per heavy atom. The van der Waals surface area contributed by atoms with Crippen molar-refractivity contribution >= 4 is 40.1 Å². The molecule has 1 atom stereocenters. The van der Waals surface area contributed by atoms with Crippen molar-refractivity contribution in [3.05, 3.63) is 93.6 Å². The average Bonchev–Trinajstić information content (AvgIpc) is 3.38. The summed E-state index contributed by atoms with van der Waals surface area (Å²) in [7, 11) is 3.89. The van der Waals surface area contributed by atoms with Crippen LogP contribution < -0.4 is 9.80 Å². The molecule has 1 amide bonds. The van der Waals surface area contributed by atoms with Crippen LogP contribution >= 0.6 is 0 Å². The first-order valence-electron chi connectivity index (χ1n) is 12.2. The molecule has 0 spiro atoms. The second-order valence-electron chi connectivity index (χ2n) is 9.99. The number of imidazole rings is 1. The van der Waals surface area contributed by atoms with Crippen LogP contribution in [0.1, 0.15) is 39.4 Å². The molecule has 4 aromatic rings. The number of rotatable bonds is 4. The maximum absolute atomic E-state index is 13.5. The predicted octanol–water partition coefficient (Wildman–Crippen LogP) is 5.49. The Morgan fingerprint density at radius 3 is 2.27 bits per heavy atom. The second kappa shape index (κ2) is 8.92. The Balaban J connectivity index is 1.75. The first kappa shape index (κ1) is 24.3. The zero-order valence-electron chi connectivity index (χ0n) is 21.9. The highest BCUT2D eigenvalue weighted by Crippen LogP contribution is 2.42. The standard InChI is InChI=1S/C30H30N4O3/c1-16-7-8-17(2)22(13-16)27(35)25-26(20-9-11-21(12-10-20)33(5)6)34(29(37)28(25)36)30-31-23-14-18(3)19(4)15-24(23)32-30/h7-15,26,35H,1-6H3,(H,31,32)/b27-25+. The molecular weight excluding hydrogens is 464 g/mol. The van der Waals surface area contributed by atoms with Crippen LogP contribution in [0.3, 0.4) is 0 Å². The van der Waals surface area contributed by atoms with E-state index in [9.17, 15) is 14.7 Å². The average molecular weight is 495 g/mol. The minimum Gasteiger partial charge on any atom is -0.507 e. The van der Waals surface area contributed by atoms with Gasteiger partial charge in [-0.15, -0.1) is 0 Å². The van der Waals surface area contributed by atoms with E-state index >= 15 is 0 Å². The number of ketones is 1. The fourth-order valence-electron chi connectivity index (χ4n) is 4.83. The van der Waals surface area contributed by atoms with Crippen molar-refractivity contribution in [2.45, 2.75) is 33.7 Å². The number of fused-ring (bicyclic) bond motifs is 1. The molecule has 5 rings (SSSR count). The molecule has 3 aromatic carbocycles. The van der Waals surface area contributed by atoms with Crippen LogP contribution in [-0.4, -0.2) is 40.9 Å². The lowest BCUT2D eigenvalue weighted by atomic mass is 9.93. The van der Waals surface area contributed by atoms with Gasteiger partial charge in [0.05, 0.1) is 22.6 Å². The van der Waals surface area contributed by atoms with Gasteiger partial charge in [-0.1, -0.05) is 29.8 Å². The number of benzene rings is 3. The summed E-state index contributed by atoms with van der Waals surface area (Å²) in [6.07, 6.45) is 0. The van der Waals surface area contributed by atoms with E-state index in [2.05, 4.69) is 9.97 Å². The molecule has 0 aliphatic carbocycles. The second-order valence-corrected chi connectivity index (χ2v) is 9.99. The number of carbonyl (C=O) groups is 2. The van der Waals surface area contributed by atoms with E-state index in [1.54, 1.807) is 0 Å². The topological polar surface area (TPSA) is 89.5 Å². The summed E-state index contributed by atoms with van der Waals surface area (Å²) in [6, 6.07) is 16.4. The summed E-state index contributed by atoms with van der Waals surface area (Å²) in [5.74, 6) is -1.40. The highest BCUT2D eigenvalue weighted by Gasteiger charge is 2.48. The lowest BCUT2D eigenvalue weighted by Gasteiger charge is -2.24. The van der Waals surface area contributed by atoms with Gasteiger partial charge in [0, 0.05) is 25.3 Å². The van der Waals surface area contributed by atoms with Crippen molar-refractivity contribution in [1.82, 2.24) is 9.97 Å². The fraction of sp³-hybridized carbons (Fsp3) is 0.233. The van der Waals surface area contributed by atoms with Gasteiger partial charge in [0.2, 0.25) is 5.95 Å². The van der Waals surface area contributed by atoms with Crippen molar-refractivity contribution in [2.75, 3.05) is 23.9 Å². The third-order valence-electron chi connectivity index (χ3n) is 7.13. The van der Waals surface area contributed by atoms with Crippen molar-refractivity contribution < 1.29 is 14.7 Å². The van der Waals surface area contributed by atoms with Gasteiger partial charge >= 0.3 is 5.91 Å². The number of aryl methyl sites for hydroxylation is 4. The van der Waals surface area contributed by atoms with Crippen LogP contribution in [0.2, 0.25) is 0 Å². The van der Waals surface area contributed by atoms with Gasteiger partial charge in [-0.05, 0) is 80.3 Å². The summed E-state index contributed by atoms with van der Waals surface area (Å²) in [5.41, 5.74) is 7.66. The SMILES string of the molecule is Cc1ccc(C)c(/C(O)=C2\C(=O)C(=O)N(c3nc4cc(C)c(C)cc4[nH]3)C2c2ccc(N(C)C)cc2)c1. The molecule has 37 heavy (non-hydrogen) atoms. The number of aliphatic hydroxyl groups is 1. The van der Waals surface area contributed by atoms with E-state index < -0.39 is 17.7 Å². The molecule has 188 valence electrons. The number of hydrogen-bond donors (Lipinski definition) is 2. The molecule has 1 fully saturated rings. The maximum atomic E-state index is 13.5. The first-order chi connectivity index (χ1) is 17.6. The lowest BCUT2D eigenvalue weighted by molar-refractivity contribution is -0.132. The van der Waals surface area contributed by atoms with Crippen LogP contribution in [0.15, 0.2) is 60.2 Å². The third-order valence-corrected chi connectivity index (χ3v) is 7.13. The Hall–Kier alpha value is -4.39. The number of nitrogens with one attached hydrogen (secondary N) is 1. The smallest absolute Gasteiger partial charge is 0.302 e. The molecule has 7 nitrogen and oxygen atoms in total. The zero-order valence-corrected chi connectivity index (χ0v) is 21.9. The minimum absolute atomic E-state index is 0.0455. The van der Waals surface area contributed by atoms with Gasteiger partial charge < -0.3 is 15.0 Å². The van der Waals surface area contributed by atoms with E-state index in [0.717, 1.165) is 33.5 Å². The summed E-state index contributed by atoms with van der Waals surface area (Å²) >= 11 is 0. The minimum atomic E-state index is -0.848. The van der Waals surface area contributed by atoms with Gasteiger partial charge in [-0.3, -0.25) is 14.5 Å². The lowest BCUT2D eigenvalue weighted by Crippen LogP contribution is -2.30. The number of Topliss-reactive ketones (excluding diaryl/α,β-unsaturated/α-hetero) is 1. The van der Waals surface area contributed by atoms with Gasteiger partial charge in [0.1, 0.15) is 5.76 Å². The summed E-state index contributed by atoms with van der Waals surface area (Å²) in [4.78, 5) is 38.3. The highest BCUT2D eigenvalue weighted by atomic mass is 16.3. The number of aliphatic hydroxyl groups excluding tert-OH is 1. The van der Waals surface area contributed by atoms with Crippen LogP contribution in [0, 0.1) is 27.7 Å². The first-order valence-corrected chi connectivity index (χ1v) is 12.2. The predicted molar refractivity (Wildman–Crippen MR) is 147 cm³/mol. The Morgan fingerprint density at radius 1 is 0.919 bits per heavy atom. The van der Waals surface area contributed by atoms with Gasteiger partial charge in [0.25, 0.3) is 5.78 Å². The van der Waals surface area contributed by atoms with E-state index in [-0.39, 0.29) is 17.3 Å². The van der Waals surface area contributed by atoms with Gasteiger partial charge in [-0.2, -0.15) is 0 Å². The fourth-order valence-corrected chi connectivity index (χ4v) is 4.83. The molecule has 0 bridgehead atoms. The van der Waals surface area contributed by atoms with Crippen LogP contribution in [0.25, 0.3) is 16.8 Å². The van der Waals surface area contributed by atoms with Crippen molar-refractivity contribution in [3.8, 4) is 0 Å². The number of aromatic nitrogens is 2. The zero-order chi connectivity index (χ0) is 26.6. The summed E-state index contributed by atoms with van der Waals surface area (Å²) in [6.45, 7) is 7.81. The van der Waals surface area contributed by atoms with Crippen molar-refractivity contribution in [1.29, 1.82) is 0 Å². The number of aromatic amines is 1. The molecule has 1 aliphatic rings. The molecule has 1 saturated heterocycles. The van der Waals surface area contributed by atoms with E-state index in [4.69, 9.17) is 0 Å². The number of H-pyrrole nitrogens is 1. The highest BCUT2D eigenvalue weighted by molar-refractivity contribution is 6.51. The molecule has 2 heterocycles. The number of hydrogen-bond acceptors (Lipinski definition) is 5. The van der Waals surface area contributed by atoms with Gasteiger partial charge in [-0.25, -0.2) is 4.98 Å².